The van der Waals surface area contributed by atoms with E-state index in [0.717, 1.165) is 25.7 Å². The van der Waals surface area contributed by atoms with Crippen LogP contribution >= 0.6 is 0 Å². The van der Waals surface area contributed by atoms with Crippen LogP contribution in [0.4, 0.5) is 0 Å². The van der Waals surface area contributed by atoms with Crippen LogP contribution < -0.4 is 0 Å². The van der Waals surface area contributed by atoms with Gasteiger partial charge in [-0.25, -0.2) is 4.79 Å². The summed E-state index contributed by atoms with van der Waals surface area (Å²) >= 11 is 0. The molecule has 2 aliphatic heterocycles. The van der Waals surface area contributed by atoms with Gasteiger partial charge in [0, 0.05) is 31.1 Å². The van der Waals surface area contributed by atoms with E-state index < -0.39 is 12.0 Å². The average Bonchev–Trinajstić information content (AvgIpc) is 3.28. The summed E-state index contributed by atoms with van der Waals surface area (Å²) < 4.78 is 5.29. The Hall–Kier alpha value is -2.31. The van der Waals surface area contributed by atoms with Crippen molar-refractivity contribution in [3.8, 4) is 0 Å². The molecule has 1 saturated carbocycles. The molecule has 1 aromatic rings. The molecule has 4 rings (SSSR count). The van der Waals surface area contributed by atoms with Gasteiger partial charge in [-0.05, 0) is 50.5 Å². The Bertz CT molecular complexity index is 743. The molecule has 1 aliphatic carbocycles. The molecule has 140 valence electrons. The maximum absolute atomic E-state index is 12.8. The number of carboxylic acids is 1. The monoisotopic (exact) mass is 360 g/mol. The molecule has 1 aromatic heterocycles. The molecule has 1 atom stereocenters. The van der Waals surface area contributed by atoms with E-state index in [2.05, 4.69) is 0 Å². The van der Waals surface area contributed by atoms with Crippen molar-refractivity contribution in [2.75, 3.05) is 19.6 Å². The second-order valence-corrected chi connectivity index (χ2v) is 8.02. The highest BCUT2D eigenvalue weighted by Crippen LogP contribution is 2.45. The molecule has 7 nitrogen and oxygen atoms in total. The maximum Gasteiger partial charge on any atom is 0.326 e. The molecule has 0 bridgehead atoms. The number of hydrogen-bond acceptors (Lipinski definition) is 4. The van der Waals surface area contributed by atoms with Crippen LogP contribution in [0.25, 0.3) is 0 Å². The van der Waals surface area contributed by atoms with Gasteiger partial charge in [0.15, 0.2) is 5.76 Å². The minimum absolute atomic E-state index is 0.208. The maximum atomic E-state index is 12.8. The lowest BCUT2D eigenvalue weighted by Gasteiger charge is -2.39. The molecule has 3 heterocycles. The van der Waals surface area contributed by atoms with Crippen molar-refractivity contribution in [2.45, 2.75) is 45.1 Å². The number of piperidine rings is 1. The Morgan fingerprint density at radius 2 is 1.92 bits per heavy atom. The van der Waals surface area contributed by atoms with Crippen molar-refractivity contribution >= 4 is 17.8 Å². The molecule has 1 N–H and O–H groups in total. The average molecular weight is 360 g/mol. The van der Waals surface area contributed by atoms with Crippen LogP contribution in [0.5, 0.6) is 0 Å². The van der Waals surface area contributed by atoms with Gasteiger partial charge in [0.1, 0.15) is 6.04 Å². The van der Waals surface area contributed by atoms with Gasteiger partial charge < -0.3 is 19.3 Å². The molecule has 26 heavy (non-hydrogen) atoms. The van der Waals surface area contributed by atoms with Crippen LogP contribution in [-0.4, -0.2) is 58.4 Å². The first kappa shape index (κ1) is 17.1. The fourth-order valence-corrected chi connectivity index (χ4v) is 4.36. The summed E-state index contributed by atoms with van der Waals surface area (Å²) in [5, 5.41) is 9.65. The first-order valence-electron chi connectivity index (χ1n) is 9.27. The van der Waals surface area contributed by atoms with Gasteiger partial charge in [-0.3, -0.25) is 9.59 Å². The van der Waals surface area contributed by atoms with E-state index in [4.69, 9.17) is 4.42 Å². The number of amides is 2. The van der Waals surface area contributed by atoms with Gasteiger partial charge in [-0.15, -0.1) is 0 Å². The number of carbonyl (C=O) groups excluding carboxylic acids is 2. The van der Waals surface area contributed by atoms with Crippen molar-refractivity contribution in [1.29, 1.82) is 0 Å². The van der Waals surface area contributed by atoms with Crippen molar-refractivity contribution in [2.24, 2.45) is 11.3 Å². The number of furan rings is 1. The van der Waals surface area contributed by atoms with E-state index in [1.807, 2.05) is 4.90 Å². The van der Waals surface area contributed by atoms with E-state index in [-0.39, 0.29) is 28.9 Å². The number of carbonyl (C=O) groups is 3. The van der Waals surface area contributed by atoms with E-state index in [1.54, 1.807) is 13.0 Å². The van der Waals surface area contributed by atoms with Crippen LogP contribution in [0.1, 0.15) is 48.2 Å². The number of aryl methyl sites for hydroxylation is 1. The predicted octanol–water partition coefficient (Wildman–Crippen LogP) is 1.91. The normalized spacial score (nSPS) is 24.9. The highest BCUT2D eigenvalue weighted by Gasteiger charge is 2.51. The highest BCUT2D eigenvalue weighted by molar-refractivity contribution is 5.96. The summed E-state index contributed by atoms with van der Waals surface area (Å²) in [7, 11) is 0. The van der Waals surface area contributed by atoms with Crippen molar-refractivity contribution in [1.82, 2.24) is 9.80 Å². The minimum atomic E-state index is -0.976. The van der Waals surface area contributed by atoms with Crippen LogP contribution in [0.2, 0.25) is 0 Å². The van der Waals surface area contributed by atoms with Crippen molar-refractivity contribution in [3.63, 3.8) is 0 Å². The number of aliphatic carboxylic acids is 1. The second-order valence-electron chi connectivity index (χ2n) is 8.02. The minimum Gasteiger partial charge on any atom is -0.480 e. The third-order valence-corrected chi connectivity index (χ3v) is 6.17. The molecular weight excluding hydrogens is 336 g/mol. The summed E-state index contributed by atoms with van der Waals surface area (Å²) in [5.41, 5.74) is 0.490. The van der Waals surface area contributed by atoms with E-state index in [0.29, 0.717) is 31.6 Å². The Morgan fingerprint density at radius 3 is 2.46 bits per heavy atom. The molecule has 2 amide bonds. The molecule has 7 heteroatoms. The SMILES string of the molecule is Cc1ccoc1C(=O)N1CC2(CCN(C(=O)C3CC3)CC2)C[C@@H]1C(=O)O. The van der Waals surface area contributed by atoms with Gasteiger partial charge >= 0.3 is 5.97 Å². The summed E-state index contributed by atoms with van der Waals surface area (Å²) in [6.07, 6.45) is 5.37. The summed E-state index contributed by atoms with van der Waals surface area (Å²) in [5.74, 6) is -0.662. The number of likely N-dealkylation sites (tertiary alicyclic amines) is 2. The largest absolute Gasteiger partial charge is 0.480 e. The van der Waals surface area contributed by atoms with Crippen LogP contribution in [-0.2, 0) is 9.59 Å². The summed E-state index contributed by atoms with van der Waals surface area (Å²) in [6, 6.07) is 0.870. The second kappa shape index (κ2) is 6.14. The molecule has 0 aromatic carbocycles. The zero-order valence-corrected chi connectivity index (χ0v) is 14.9. The fraction of sp³-hybridized carbons (Fsp3) is 0.632. The molecule has 0 unspecified atom stereocenters. The molecule has 1 spiro atoms. The Kier molecular flexibility index (Phi) is 4.04. The molecular formula is C19H24N2O5. The number of carboxylic acid groups (broad SMARTS) is 1. The number of hydrogen-bond donors (Lipinski definition) is 1. The molecule has 2 saturated heterocycles. The van der Waals surface area contributed by atoms with Crippen molar-refractivity contribution in [3.05, 3.63) is 23.7 Å². The first-order valence-corrected chi connectivity index (χ1v) is 9.27. The van der Waals surface area contributed by atoms with Gasteiger partial charge in [0.25, 0.3) is 5.91 Å². The molecule has 0 radical (unpaired) electrons. The zero-order chi connectivity index (χ0) is 18.5. The lowest BCUT2D eigenvalue weighted by atomic mass is 9.76. The van der Waals surface area contributed by atoms with Gasteiger partial charge in [-0.2, -0.15) is 0 Å². The third-order valence-electron chi connectivity index (χ3n) is 6.17. The lowest BCUT2D eigenvalue weighted by Crippen LogP contribution is -2.45. The Balaban J connectivity index is 1.49. The topological polar surface area (TPSA) is 91.1 Å². The van der Waals surface area contributed by atoms with Gasteiger partial charge in [-0.1, -0.05) is 0 Å². The van der Waals surface area contributed by atoms with Crippen LogP contribution in [0.15, 0.2) is 16.7 Å². The smallest absolute Gasteiger partial charge is 0.326 e. The predicted molar refractivity (Wildman–Crippen MR) is 91.5 cm³/mol. The first-order chi connectivity index (χ1) is 12.4. The van der Waals surface area contributed by atoms with Crippen LogP contribution in [0.3, 0.4) is 0 Å². The van der Waals surface area contributed by atoms with E-state index in [9.17, 15) is 19.5 Å². The Labute approximate surface area is 151 Å². The van der Waals surface area contributed by atoms with E-state index >= 15 is 0 Å². The molecule has 3 aliphatic rings. The standard InChI is InChI=1S/C19H24N2O5/c1-12-4-9-26-15(12)17(23)21-11-19(10-14(21)18(24)25)5-7-20(8-6-19)16(22)13-2-3-13/h4,9,13-14H,2-3,5-8,10-11H2,1H3,(H,24,25)/t14-/m1/s1. The summed E-state index contributed by atoms with van der Waals surface area (Å²) in [4.78, 5) is 40.2. The van der Waals surface area contributed by atoms with Gasteiger partial charge in [0.05, 0.1) is 6.26 Å². The quantitative estimate of drug-likeness (QED) is 0.889. The van der Waals surface area contributed by atoms with E-state index in [1.165, 1.54) is 11.2 Å². The number of nitrogens with zero attached hydrogens (tertiary/aromatic N) is 2. The highest BCUT2D eigenvalue weighted by atomic mass is 16.4. The van der Waals surface area contributed by atoms with Crippen LogP contribution in [0, 0.1) is 18.3 Å². The third kappa shape index (κ3) is 2.89. The summed E-state index contributed by atoms with van der Waals surface area (Å²) in [6.45, 7) is 3.50. The number of rotatable bonds is 3. The zero-order valence-electron chi connectivity index (χ0n) is 14.9. The lowest BCUT2D eigenvalue weighted by molar-refractivity contribution is -0.141. The van der Waals surface area contributed by atoms with Gasteiger partial charge in [0.2, 0.25) is 5.91 Å². The molecule has 3 fully saturated rings. The Morgan fingerprint density at radius 1 is 1.23 bits per heavy atom. The van der Waals surface area contributed by atoms with Crippen molar-refractivity contribution < 1.29 is 23.9 Å². The fourth-order valence-electron chi connectivity index (χ4n) is 4.36.